The van der Waals surface area contributed by atoms with Crippen LogP contribution in [0.5, 0.6) is 0 Å². The molecule has 0 spiro atoms. The molecule has 0 saturated heterocycles. The first-order chi connectivity index (χ1) is 8.97. The van der Waals surface area contributed by atoms with Gasteiger partial charge in [0.15, 0.2) is 0 Å². The van der Waals surface area contributed by atoms with Crippen LogP contribution in [0.25, 0.3) is 0 Å². The molecule has 1 fully saturated rings. The van der Waals surface area contributed by atoms with Gasteiger partial charge in [-0.05, 0) is 19.8 Å². The maximum atomic E-state index is 9.39. The standard InChI is InChI=1S/C17H32BN/c1-16(15-19)11-7-4-3-5-9-13-17(2,18)14-10-6-8-12-16/h3-14,18H2,1-2H3. The maximum absolute atomic E-state index is 9.39. The van der Waals surface area contributed by atoms with Crippen molar-refractivity contribution in [3.8, 4) is 6.07 Å². The predicted octanol–water partition coefficient (Wildman–Crippen LogP) is 5.02. The topological polar surface area (TPSA) is 23.8 Å². The summed E-state index contributed by atoms with van der Waals surface area (Å²) in [4.78, 5) is 0. The molecule has 0 aromatic rings. The molecular weight excluding hydrogens is 229 g/mol. The van der Waals surface area contributed by atoms with Crippen molar-refractivity contribution < 1.29 is 0 Å². The minimum atomic E-state index is -0.0559. The monoisotopic (exact) mass is 261 g/mol. The number of nitriles is 1. The van der Waals surface area contributed by atoms with Crippen molar-refractivity contribution >= 4 is 7.85 Å². The average molecular weight is 261 g/mol. The van der Waals surface area contributed by atoms with E-state index < -0.39 is 0 Å². The van der Waals surface area contributed by atoms with E-state index in [0.717, 1.165) is 12.8 Å². The van der Waals surface area contributed by atoms with Crippen LogP contribution < -0.4 is 0 Å². The van der Waals surface area contributed by atoms with Crippen LogP contribution in [-0.2, 0) is 0 Å². The summed E-state index contributed by atoms with van der Waals surface area (Å²) in [5.41, 5.74) is -0.0559. The van der Waals surface area contributed by atoms with Gasteiger partial charge in [0.05, 0.1) is 11.5 Å². The lowest BCUT2D eigenvalue weighted by Crippen LogP contribution is -2.14. The van der Waals surface area contributed by atoms with Gasteiger partial charge in [-0.25, -0.2) is 0 Å². The molecule has 1 aliphatic rings. The van der Waals surface area contributed by atoms with E-state index in [1.165, 1.54) is 64.2 Å². The molecule has 1 saturated carbocycles. The lowest BCUT2D eigenvalue weighted by molar-refractivity contribution is 0.331. The van der Waals surface area contributed by atoms with Crippen molar-refractivity contribution in [3.05, 3.63) is 0 Å². The van der Waals surface area contributed by atoms with E-state index in [0.29, 0.717) is 5.31 Å². The highest BCUT2D eigenvalue weighted by Gasteiger charge is 2.23. The Morgan fingerprint density at radius 3 is 1.58 bits per heavy atom. The normalized spacial score (nSPS) is 36.1. The van der Waals surface area contributed by atoms with E-state index in [2.05, 4.69) is 27.8 Å². The Morgan fingerprint density at radius 2 is 1.11 bits per heavy atom. The van der Waals surface area contributed by atoms with Gasteiger partial charge in [0.25, 0.3) is 0 Å². The molecule has 1 nitrogen and oxygen atoms in total. The minimum absolute atomic E-state index is 0.0559. The van der Waals surface area contributed by atoms with Crippen LogP contribution in [0.4, 0.5) is 0 Å². The minimum Gasteiger partial charge on any atom is -0.198 e. The largest absolute Gasteiger partial charge is 0.198 e. The van der Waals surface area contributed by atoms with E-state index in [-0.39, 0.29) is 5.41 Å². The van der Waals surface area contributed by atoms with Gasteiger partial charge in [-0.3, -0.25) is 0 Å². The van der Waals surface area contributed by atoms with Crippen LogP contribution in [0, 0.1) is 16.7 Å². The van der Waals surface area contributed by atoms with Gasteiger partial charge in [0, 0.05) is 0 Å². The molecular formula is C17H32BN. The van der Waals surface area contributed by atoms with E-state index in [1.54, 1.807) is 0 Å². The zero-order valence-electron chi connectivity index (χ0n) is 13.4. The van der Waals surface area contributed by atoms with Crippen molar-refractivity contribution in [1.29, 1.82) is 5.26 Å². The Labute approximate surface area is 121 Å². The second-order valence-electron chi connectivity index (χ2n) is 7.67. The Hall–Kier alpha value is -0.445. The van der Waals surface area contributed by atoms with E-state index in [1.807, 2.05) is 0 Å². The van der Waals surface area contributed by atoms with Crippen LogP contribution in [0.3, 0.4) is 0 Å². The summed E-state index contributed by atoms with van der Waals surface area (Å²) >= 11 is 0. The lowest BCUT2D eigenvalue weighted by Gasteiger charge is -2.26. The molecule has 0 aromatic heterocycles. The van der Waals surface area contributed by atoms with Gasteiger partial charge >= 0.3 is 0 Å². The lowest BCUT2D eigenvalue weighted by atomic mass is 9.64. The second-order valence-corrected chi connectivity index (χ2v) is 7.67. The molecule has 2 heteroatoms. The van der Waals surface area contributed by atoms with Crippen molar-refractivity contribution in [1.82, 2.24) is 0 Å². The molecule has 0 aliphatic heterocycles. The summed E-state index contributed by atoms with van der Waals surface area (Å²) in [5.74, 6) is 0. The van der Waals surface area contributed by atoms with Crippen molar-refractivity contribution in [2.24, 2.45) is 5.41 Å². The fourth-order valence-corrected chi connectivity index (χ4v) is 3.31. The van der Waals surface area contributed by atoms with Crippen LogP contribution >= 0.6 is 0 Å². The molecule has 1 aliphatic carbocycles. The van der Waals surface area contributed by atoms with Crippen LogP contribution in [0.2, 0.25) is 5.31 Å². The summed E-state index contributed by atoms with van der Waals surface area (Å²) < 4.78 is 0. The first-order valence-corrected chi connectivity index (χ1v) is 8.39. The molecule has 0 radical (unpaired) electrons. The number of hydrogen-bond donors (Lipinski definition) is 0. The highest BCUT2D eigenvalue weighted by atomic mass is 14.3. The molecule has 2 atom stereocenters. The smallest absolute Gasteiger partial charge is 0.109 e. The molecule has 0 N–H and O–H groups in total. The summed E-state index contributed by atoms with van der Waals surface area (Å²) in [6.07, 6.45) is 15.5. The maximum Gasteiger partial charge on any atom is 0.109 e. The van der Waals surface area contributed by atoms with E-state index >= 15 is 0 Å². The van der Waals surface area contributed by atoms with Gasteiger partial charge in [0.2, 0.25) is 0 Å². The zero-order valence-corrected chi connectivity index (χ0v) is 13.4. The Kier molecular flexibility index (Phi) is 6.98. The van der Waals surface area contributed by atoms with Crippen molar-refractivity contribution in [3.63, 3.8) is 0 Å². The third kappa shape index (κ3) is 7.04. The third-order valence-electron chi connectivity index (χ3n) is 4.93. The average Bonchev–Trinajstić information content (AvgIpc) is 2.36. The molecule has 1 rings (SSSR count). The summed E-state index contributed by atoms with van der Waals surface area (Å²) in [7, 11) is 2.43. The molecule has 0 bridgehead atoms. The fourth-order valence-electron chi connectivity index (χ4n) is 3.31. The summed E-state index contributed by atoms with van der Waals surface area (Å²) in [5, 5.41) is 9.92. The molecule has 0 heterocycles. The zero-order chi connectivity index (χ0) is 14.2. The molecule has 108 valence electrons. The Bertz CT molecular complexity index is 292. The van der Waals surface area contributed by atoms with Gasteiger partial charge in [-0.15, -0.1) is 0 Å². The second kappa shape index (κ2) is 7.98. The molecule has 19 heavy (non-hydrogen) atoms. The summed E-state index contributed by atoms with van der Waals surface area (Å²) in [6, 6.07) is 2.58. The van der Waals surface area contributed by atoms with Crippen molar-refractivity contribution in [2.75, 3.05) is 0 Å². The summed E-state index contributed by atoms with van der Waals surface area (Å²) in [6.45, 7) is 4.60. The third-order valence-corrected chi connectivity index (χ3v) is 4.93. The van der Waals surface area contributed by atoms with Crippen LogP contribution in [0.15, 0.2) is 0 Å². The number of rotatable bonds is 0. The van der Waals surface area contributed by atoms with Crippen molar-refractivity contribution in [2.45, 2.75) is 96.2 Å². The number of hydrogen-bond acceptors (Lipinski definition) is 1. The van der Waals surface area contributed by atoms with Gasteiger partial charge < -0.3 is 0 Å². The molecule has 2 unspecified atom stereocenters. The van der Waals surface area contributed by atoms with Gasteiger partial charge in [-0.2, -0.15) is 5.26 Å². The van der Waals surface area contributed by atoms with Crippen LogP contribution in [-0.4, -0.2) is 7.85 Å². The predicted molar refractivity (Wildman–Crippen MR) is 86.0 cm³/mol. The first kappa shape index (κ1) is 16.6. The fraction of sp³-hybridized carbons (Fsp3) is 0.941. The van der Waals surface area contributed by atoms with Crippen LogP contribution in [0.1, 0.15) is 90.9 Å². The molecule has 0 aromatic carbocycles. The Balaban J connectivity index is 2.46. The first-order valence-electron chi connectivity index (χ1n) is 8.39. The highest BCUT2D eigenvalue weighted by molar-refractivity contribution is 6.14. The van der Waals surface area contributed by atoms with Gasteiger partial charge in [0.1, 0.15) is 7.85 Å². The van der Waals surface area contributed by atoms with E-state index in [4.69, 9.17) is 0 Å². The SMILES string of the molecule is BC1(C)CCCCCCCC(C)(C#N)CCCCC1. The molecule has 0 amide bonds. The van der Waals surface area contributed by atoms with E-state index in [9.17, 15) is 5.26 Å². The quantitative estimate of drug-likeness (QED) is 0.561. The Morgan fingerprint density at radius 1 is 0.737 bits per heavy atom. The van der Waals surface area contributed by atoms with Gasteiger partial charge in [-0.1, -0.05) is 76.4 Å². The number of nitrogens with zero attached hydrogens (tertiary/aromatic N) is 1. The highest BCUT2D eigenvalue weighted by Crippen LogP contribution is 2.36.